The fourth-order valence-corrected chi connectivity index (χ4v) is 4.62. The molecule has 2 amide bonds. The molecular weight excluding hydrogens is 446 g/mol. The van der Waals surface area contributed by atoms with Crippen molar-refractivity contribution in [2.75, 3.05) is 38.7 Å². The molecule has 1 unspecified atom stereocenters. The average Bonchev–Trinajstić information content (AvgIpc) is 3.35. The number of benzene rings is 2. The first-order chi connectivity index (χ1) is 15.8. The molecule has 1 aliphatic rings. The van der Waals surface area contributed by atoms with Gasteiger partial charge in [-0.3, -0.25) is 9.59 Å². The molecule has 1 saturated heterocycles. The molecule has 1 aliphatic heterocycles. The number of anilines is 1. The summed E-state index contributed by atoms with van der Waals surface area (Å²) < 4.78 is 38.6. The SMILES string of the molecule is CCN(CC(=O)Nc1ccccc1OC)C(=O)c1cccc(S(=O)(=O)NCC2CCCO2)c1. The highest BCUT2D eigenvalue weighted by Crippen LogP contribution is 2.23. The van der Waals surface area contributed by atoms with Crippen molar-refractivity contribution >= 4 is 27.5 Å². The fraction of sp³-hybridized carbons (Fsp3) is 0.391. The molecule has 3 rings (SSSR count). The lowest BCUT2D eigenvalue weighted by Crippen LogP contribution is -2.38. The van der Waals surface area contributed by atoms with Gasteiger partial charge in [0.15, 0.2) is 0 Å². The molecule has 1 atom stereocenters. The summed E-state index contributed by atoms with van der Waals surface area (Å²) in [5.41, 5.74) is 0.681. The van der Waals surface area contributed by atoms with E-state index in [0.29, 0.717) is 18.0 Å². The Balaban J connectivity index is 1.67. The number of hydrogen-bond acceptors (Lipinski definition) is 6. The van der Waals surface area contributed by atoms with Gasteiger partial charge in [0.05, 0.1) is 23.8 Å². The molecule has 0 saturated carbocycles. The largest absolute Gasteiger partial charge is 0.495 e. The van der Waals surface area contributed by atoms with Crippen molar-refractivity contribution in [3.63, 3.8) is 0 Å². The van der Waals surface area contributed by atoms with Crippen LogP contribution in [-0.4, -0.2) is 64.6 Å². The number of para-hydroxylation sites is 2. The number of carbonyl (C=O) groups excluding carboxylic acids is 2. The molecule has 0 radical (unpaired) electrons. The maximum atomic E-state index is 13.0. The van der Waals surface area contributed by atoms with Crippen LogP contribution in [0.5, 0.6) is 5.75 Å². The Morgan fingerprint density at radius 1 is 1.18 bits per heavy atom. The predicted molar refractivity (Wildman–Crippen MR) is 124 cm³/mol. The van der Waals surface area contributed by atoms with Crippen LogP contribution >= 0.6 is 0 Å². The van der Waals surface area contributed by atoms with E-state index in [4.69, 9.17) is 9.47 Å². The first-order valence-electron chi connectivity index (χ1n) is 10.8. The van der Waals surface area contributed by atoms with Crippen LogP contribution in [-0.2, 0) is 19.6 Å². The second-order valence-electron chi connectivity index (χ2n) is 7.58. The van der Waals surface area contributed by atoms with Gasteiger partial charge in [0.2, 0.25) is 15.9 Å². The van der Waals surface area contributed by atoms with Crippen LogP contribution in [0.4, 0.5) is 5.69 Å². The zero-order valence-corrected chi connectivity index (χ0v) is 19.6. The molecule has 2 aromatic rings. The molecular formula is C23H29N3O6S. The number of hydrogen-bond donors (Lipinski definition) is 2. The van der Waals surface area contributed by atoms with E-state index in [9.17, 15) is 18.0 Å². The number of likely N-dealkylation sites (N-methyl/N-ethyl adjacent to an activating group) is 1. The highest BCUT2D eigenvalue weighted by Gasteiger charge is 2.23. The monoisotopic (exact) mass is 475 g/mol. The minimum atomic E-state index is -3.80. The van der Waals surface area contributed by atoms with Crippen molar-refractivity contribution in [1.82, 2.24) is 9.62 Å². The number of carbonyl (C=O) groups is 2. The lowest BCUT2D eigenvalue weighted by atomic mass is 10.2. The molecule has 0 aromatic heterocycles. The summed E-state index contributed by atoms with van der Waals surface area (Å²) in [6, 6.07) is 12.8. The number of amides is 2. The van der Waals surface area contributed by atoms with E-state index >= 15 is 0 Å². The van der Waals surface area contributed by atoms with Crippen molar-refractivity contribution in [1.29, 1.82) is 0 Å². The topological polar surface area (TPSA) is 114 Å². The summed E-state index contributed by atoms with van der Waals surface area (Å²) in [6.07, 6.45) is 1.58. The summed E-state index contributed by atoms with van der Waals surface area (Å²) in [6.45, 7) is 2.64. The third-order valence-corrected chi connectivity index (χ3v) is 6.72. The van der Waals surface area contributed by atoms with E-state index in [2.05, 4.69) is 10.0 Å². The Kier molecular flexibility index (Phi) is 8.43. The zero-order valence-electron chi connectivity index (χ0n) is 18.7. The van der Waals surface area contributed by atoms with Crippen LogP contribution in [0, 0.1) is 0 Å². The second kappa shape index (κ2) is 11.3. The molecule has 0 spiro atoms. The van der Waals surface area contributed by atoms with Crippen LogP contribution in [0.3, 0.4) is 0 Å². The van der Waals surface area contributed by atoms with Gasteiger partial charge >= 0.3 is 0 Å². The standard InChI is InChI=1S/C23H29N3O6S/c1-3-26(16-22(27)25-20-11-4-5-12-21(20)31-2)23(28)17-8-6-10-19(14-17)33(29,30)24-15-18-9-7-13-32-18/h4-6,8,10-12,14,18,24H,3,7,9,13,15-16H2,1-2H3,(H,25,27). The Labute approximate surface area is 194 Å². The minimum Gasteiger partial charge on any atom is -0.495 e. The van der Waals surface area contributed by atoms with E-state index in [-0.39, 0.29) is 36.2 Å². The molecule has 0 aliphatic carbocycles. The van der Waals surface area contributed by atoms with Crippen LogP contribution in [0.1, 0.15) is 30.1 Å². The first kappa shape index (κ1) is 24.7. The van der Waals surface area contributed by atoms with E-state index in [1.165, 1.54) is 36.3 Å². The van der Waals surface area contributed by atoms with E-state index in [1.54, 1.807) is 31.2 Å². The summed E-state index contributed by atoms with van der Waals surface area (Å²) >= 11 is 0. The molecule has 9 nitrogen and oxygen atoms in total. The van der Waals surface area contributed by atoms with Crippen molar-refractivity contribution in [3.05, 3.63) is 54.1 Å². The van der Waals surface area contributed by atoms with Crippen molar-refractivity contribution in [3.8, 4) is 5.75 Å². The lowest BCUT2D eigenvalue weighted by Gasteiger charge is -2.21. The lowest BCUT2D eigenvalue weighted by molar-refractivity contribution is -0.116. The highest BCUT2D eigenvalue weighted by molar-refractivity contribution is 7.89. The third-order valence-electron chi connectivity index (χ3n) is 5.30. The van der Waals surface area contributed by atoms with Gasteiger partial charge in [-0.1, -0.05) is 18.2 Å². The number of rotatable bonds is 10. The average molecular weight is 476 g/mol. The van der Waals surface area contributed by atoms with Crippen LogP contribution in [0.15, 0.2) is 53.4 Å². The van der Waals surface area contributed by atoms with E-state index < -0.39 is 21.8 Å². The summed E-state index contributed by atoms with van der Waals surface area (Å²) in [7, 11) is -2.30. The predicted octanol–water partition coefficient (Wildman–Crippen LogP) is 2.25. The van der Waals surface area contributed by atoms with Crippen LogP contribution in [0.25, 0.3) is 0 Å². The molecule has 33 heavy (non-hydrogen) atoms. The second-order valence-corrected chi connectivity index (χ2v) is 9.35. The maximum Gasteiger partial charge on any atom is 0.254 e. The molecule has 2 N–H and O–H groups in total. The molecule has 1 fully saturated rings. The molecule has 178 valence electrons. The maximum absolute atomic E-state index is 13.0. The van der Waals surface area contributed by atoms with Crippen molar-refractivity contribution in [2.45, 2.75) is 30.8 Å². The van der Waals surface area contributed by atoms with E-state index in [0.717, 1.165) is 12.8 Å². The number of methoxy groups -OCH3 is 1. The molecule has 1 heterocycles. The molecule has 10 heteroatoms. The Hall–Kier alpha value is -2.95. The summed E-state index contributed by atoms with van der Waals surface area (Å²) in [4.78, 5) is 26.9. The van der Waals surface area contributed by atoms with Gasteiger partial charge in [-0.15, -0.1) is 0 Å². The molecule has 2 aromatic carbocycles. The first-order valence-corrected chi connectivity index (χ1v) is 12.3. The van der Waals surface area contributed by atoms with Gasteiger partial charge < -0.3 is 19.7 Å². The number of nitrogens with zero attached hydrogens (tertiary/aromatic N) is 1. The minimum absolute atomic E-state index is 0.0131. The van der Waals surface area contributed by atoms with Gasteiger partial charge in [-0.25, -0.2) is 13.1 Å². The van der Waals surface area contributed by atoms with Crippen LogP contribution < -0.4 is 14.8 Å². The Morgan fingerprint density at radius 3 is 2.67 bits per heavy atom. The number of ether oxygens (including phenoxy) is 2. The molecule has 0 bridgehead atoms. The van der Waals surface area contributed by atoms with E-state index in [1.807, 2.05) is 0 Å². The zero-order chi connectivity index (χ0) is 23.8. The summed E-state index contributed by atoms with van der Waals surface area (Å²) in [5.74, 6) is -0.325. The Morgan fingerprint density at radius 2 is 1.97 bits per heavy atom. The van der Waals surface area contributed by atoms with Gasteiger partial charge in [0.1, 0.15) is 12.3 Å². The van der Waals surface area contributed by atoms with Gasteiger partial charge in [0.25, 0.3) is 5.91 Å². The van der Waals surface area contributed by atoms with Crippen molar-refractivity contribution < 1.29 is 27.5 Å². The fourth-order valence-electron chi connectivity index (χ4n) is 3.51. The Bertz CT molecular complexity index is 1080. The summed E-state index contributed by atoms with van der Waals surface area (Å²) in [5, 5.41) is 2.74. The van der Waals surface area contributed by atoms with Crippen molar-refractivity contribution in [2.24, 2.45) is 0 Å². The quantitative estimate of drug-likeness (QED) is 0.545. The van der Waals surface area contributed by atoms with Crippen LogP contribution in [0.2, 0.25) is 0 Å². The number of sulfonamides is 1. The normalized spacial score (nSPS) is 15.8. The highest BCUT2D eigenvalue weighted by atomic mass is 32.2. The van der Waals surface area contributed by atoms with Gasteiger partial charge in [-0.2, -0.15) is 0 Å². The smallest absolute Gasteiger partial charge is 0.254 e. The number of nitrogens with one attached hydrogen (secondary N) is 2. The van der Waals surface area contributed by atoms with Gasteiger partial charge in [-0.05, 0) is 50.1 Å². The third kappa shape index (κ3) is 6.53. The van der Waals surface area contributed by atoms with Gasteiger partial charge in [0, 0.05) is 25.3 Å².